The van der Waals surface area contributed by atoms with E-state index in [0.717, 1.165) is 32.7 Å². The lowest BCUT2D eigenvalue weighted by atomic mass is 10.0. The molecule has 0 fully saturated rings. The number of ether oxygens (including phenoxy) is 1. The van der Waals surface area contributed by atoms with Gasteiger partial charge in [-0.25, -0.2) is 14.8 Å². The molecule has 1 aliphatic heterocycles. The van der Waals surface area contributed by atoms with Crippen LogP contribution in [0.25, 0.3) is 10.2 Å². The van der Waals surface area contributed by atoms with Gasteiger partial charge in [0, 0.05) is 30.9 Å². The monoisotopic (exact) mass is 491 g/mol. The minimum atomic E-state index is -0.612. The van der Waals surface area contributed by atoms with Gasteiger partial charge in [-0.3, -0.25) is 10.00 Å². The molecule has 0 saturated heterocycles. The molecule has 1 amide bonds. The van der Waals surface area contributed by atoms with Crippen LogP contribution in [-0.4, -0.2) is 45.3 Å². The molecule has 4 aromatic rings. The maximum absolute atomic E-state index is 13.4. The zero-order chi connectivity index (χ0) is 24.9. The number of benzene rings is 1. The van der Waals surface area contributed by atoms with E-state index in [0.29, 0.717) is 24.0 Å². The van der Waals surface area contributed by atoms with E-state index in [1.165, 1.54) is 0 Å². The second kappa shape index (κ2) is 8.53. The van der Waals surface area contributed by atoms with Crippen LogP contribution in [0.4, 0.5) is 22.1 Å². The minimum Gasteiger partial charge on any atom is -0.441 e. The van der Waals surface area contributed by atoms with Gasteiger partial charge in [-0.05, 0) is 45.2 Å². The predicted octanol–water partition coefficient (Wildman–Crippen LogP) is 5.48. The molecule has 0 bridgehead atoms. The Hall–Kier alpha value is -3.66. The first kappa shape index (κ1) is 23.1. The number of hydrogen-bond donors (Lipinski definition) is 2. The van der Waals surface area contributed by atoms with Crippen molar-refractivity contribution in [2.45, 2.75) is 45.9 Å². The molecular weight excluding hydrogens is 462 g/mol. The number of rotatable bonds is 5. The summed E-state index contributed by atoms with van der Waals surface area (Å²) in [5.41, 5.74) is 3.18. The van der Waals surface area contributed by atoms with Gasteiger partial charge in [-0.2, -0.15) is 5.10 Å². The lowest BCUT2D eigenvalue weighted by molar-refractivity contribution is 0.0402. The second-order valence-electron chi connectivity index (χ2n) is 9.43. The summed E-state index contributed by atoms with van der Waals surface area (Å²) in [7, 11) is 3.96. The Labute approximate surface area is 208 Å². The molecule has 1 atom stereocenters. The lowest BCUT2D eigenvalue weighted by Gasteiger charge is -2.32. The largest absolute Gasteiger partial charge is 0.441 e. The molecule has 0 aliphatic carbocycles. The van der Waals surface area contributed by atoms with Crippen LogP contribution >= 0.6 is 11.3 Å². The zero-order valence-electron chi connectivity index (χ0n) is 20.7. The number of anilines is 3. The number of fused-ring (bicyclic) bond motifs is 2. The number of aryl methyl sites for hydroxylation is 1. The van der Waals surface area contributed by atoms with Crippen molar-refractivity contribution in [2.75, 3.05) is 24.3 Å². The van der Waals surface area contributed by atoms with Gasteiger partial charge < -0.3 is 15.0 Å². The van der Waals surface area contributed by atoms with Crippen molar-refractivity contribution >= 4 is 45.0 Å². The molecule has 5 rings (SSSR count). The molecule has 0 unspecified atom stereocenters. The molecule has 9 nitrogen and oxygen atoms in total. The summed E-state index contributed by atoms with van der Waals surface area (Å²) in [6.07, 6.45) is -0.771. The first-order valence-corrected chi connectivity index (χ1v) is 12.4. The van der Waals surface area contributed by atoms with E-state index in [1.807, 2.05) is 82.4 Å². The van der Waals surface area contributed by atoms with Crippen molar-refractivity contribution in [3.8, 4) is 0 Å². The zero-order valence-corrected chi connectivity index (χ0v) is 21.5. The third kappa shape index (κ3) is 3.97. The van der Waals surface area contributed by atoms with E-state index in [2.05, 4.69) is 25.5 Å². The standard InChI is InChI=1S/C25H29N7O2S/c1-14(16-9-7-8-10-19(16)31(5)6)34-24(33)32-13-18-20(25(32,3)4)29-30-22(18)28-21-17-11-12-35-23(17)27-15(2)26-21/h7-12,14H,13H2,1-6H3,(H2,26,27,28,29,30)/t14-/m0/s1. The molecule has 0 saturated carbocycles. The maximum atomic E-state index is 13.4. The highest BCUT2D eigenvalue weighted by molar-refractivity contribution is 7.16. The Bertz CT molecular complexity index is 1410. The van der Waals surface area contributed by atoms with Crippen LogP contribution in [0.15, 0.2) is 35.7 Å². The number of aromatic nitrogens is 4. The van der Waals surface area contributed by atoms with E-state index < -0.39 is 11.6 Å². The third-order valence-corrected chi connectivity index (χ3v) is 7.30. The molecule has 35 heavy (non-hydrogen) atoms. The summed E-state index contributed by atoms with van der Waals surface area (Å²) in [4.78, 5) is 27.1. The molecular formula is C25H29N7O2S. The lowest BCUT2D eigenvalue weighted by Crippen LogP contribution is -2.41. The van der Waals surface area contributed by atoms with Crippen molar-refractivity contribution in [3.63, 3.8) is 0 Å². The normalized spacial score (nSPS) is 15.2. The van der Waals surface area contributed by atoms with E-state index in [1.54, 1.807) is 16.2 Å². The third-order valence-electron chi connectivity index (χ3n) is 6.50. The number of carbonyl (C=O) groups is 1. The number of H-pyrrole nitrogens is 1. The Morgan fingerprint density at radius 1 is 1.23 bits per heavy atom. The Balaban J connectivity index is 1.38. The van der Waals surface area contributed by atoms with Crippen LogP contribution in [0.3, 0.4) is 0 Å². The fourth-order valence-corrected chi connectivity index (χ4v) is 5.41. The highest BCUT2D eigenvalue weighted by Crippen LogP contribution is 2.42. The molecule has 0 radical (unpaired) electrons. The van der Waals surface area contributed by atoms with E-state index in [9.17, 15) is 4.79 Å². The molecule has 0 spiro atoms. The number of hydrogen-bond acceptors (Lipinski definition) is 8. The summed E-state index contributed by atoms with van der Waals surface area (Å²) >= 11 is 1.57. The van der Waals surface area contributed by atoms with E-state index >= 15 is 0 Å². The fourth-order valence-electron chi connectivity index (χ4n) is 4.60. The van der Waals surface area contributed by atoms with Gasteiger partial charge in [-0.1, -0.05) is 18.2 Å². The summed E-state index contributed by atoms with van der Waals surface area (Å²) in [6.45, 7) is 8.13. The average molecular weight is 492 g/mol. The summed E-state index contributed by atoms with van der Waals surface area (Å²) in [6, 6.07) is 9.95. The van der Waals surface area contributed by atoms with Gasteiger partial charge in [0.15, 0.2) is 5.82 Å². The van der Waals surface area contributed by atoms with Crippen LogP contribution in [0.2, 0.25) is 0 Å². The highest BCUT2D eigenvalue weighted by atomic mass is 32.1. The van der Waals surface area contributed by atoms with Gasteiger partial charge in [0.2, 0.25) is 0 Å². The van der Waals surface area contributed by atoms with Crippen molar-refractivity contribution < 1.29 is 9.53 Å². The first-order chi connectivity index (χ1) is 16.7. The number of para-hydroxylation sites is 1. The van der Waals surface area contributed by atoms with Gasteiger partial charge in [0.1, 0.15) is 22.6 Å². The molecule has 3 aromatic heterocycles. The van der Waals surface area contributed by atoms with Crippen LogP contribution in [0.5, 0.6) is 0 Å². The molecule has 1 aromatic carbocycles. The minimum absolute atomic E-state index is 0.371. The van der Waals surface area contributed by atoms with Crippen LogP contribution in [-0.2, 0) is 16.8 Å². The van der Waals surface area contributed by atoms with Crippen molar-refractivity contribution in [2.24, 2.45) is 0 Å². The van der Waals surface area contributed by atoms with E-state index in [4.69, 9.17) is 4.74 Å². The first-order valence-electron chi connectivity index (χ1n) is 11.5. The van der Waals surface area contributed by atoms with Gasteiger partial charge in [-0.15, -0.1) is 11.3 Å². The maximum Gasteiger partial charge on any atom is 0.411 e. The van der Waals surface area contributed by atoms with Crippen LogP contribution in [0.1, 0.15) is 49.5 Å². The topological polar surface area (TPSA) is 99.3 Å². The molecule has 4 heterocycles. The van der Waals surface area contributed by atoms with E-state index in [-0.39, 0.29) is 6.09 Å². The van der Waals surface area contributed by atoms with Crippen LogP contribution in [0, 0.1) is 6.92 Å². The summed E-state index contributed by atoms with van der Waals surface area (Å²) < 4.78 is 5.95. The van der Waals surface area contributed by atoms with Crippen molar-refractivity contribution in [1.82, 2.24) is 25.1 Å². The van der Waals surface area contributed by atoms with Crippen molar-refractivity contribution in [1.29, 1.82) is 0 Å². The number of amides is 1. The van der Waals surface area contributed by atoms with Gasteiger partial charge in [0.25, 0.3) is 0 Å². The molecule has 10 heteroatoms. The fraction of sp³-hybridized carbons (Fsp3) is 0.360. The smallest absolute Gasteiger partial charge is 0.411 e. The number of aromatic amines is 1. The van der Waals surface area contributed by atoms with Gasteiger partial charge >= 0.3 is 6.09 Å². The van der Waals surface area contributed by atoms with Gasteiger partial charge in [0.05, 0.1) is 23.2 Å². The Morgan fingerprint density at radius 2 is 2.00 bits per heavy atom. The number of carbonyl (C=O) groups excluding carboxylic acids is 1. The molecule has 1 aliphatic rings. The predicted molar refractivity (Wildman–Crippen MR) is 138 cm³/mol. The SMILES string of the molecule is Cc1nc(Nc2n[nH]c3c2CN(C(=O)O[C@@H](C)c2ccccc2N(C)C)C3(C)C)c2ccsc2n1. The Kier molecular flexibility index (Phi) is 5.63. The molecule has 182 valence electrons. The Morgan fingerprint density at radius 3 is 2.77 bits per heavy atom. The number of nitrogens with one attached hydrogen (secondary N) is 2. The number of thiophene rings is 1. The van der Waals surface area contributed by atoms with Crippen LogP contribution < -0.4 is 10.2 Å². The summed E-state index contributed by atoms with van der Waals surface area (Å²) in [5.74, 6) is 2.04. The number of nitrogens with zero attached hydrogens (tertiary/aromatic N) is 5. The molecule has 2 N–H and O–H groups in total. The summed E-state index contributed by atoms with van der Waals surface area (Å²) in [5, 5.41) is 13.9. The average Bonchev–Trinajstić information content (AvgIpc) is 3.50. The second-order valence-corrected chi connectivity index (χ2v) is 10.3. The highest BCUT2D eigenvalue weighted by Gasteiger charge is 2.45. The quantitative estimate of drug-likeness (QED) is 0.381. The van der Waals surface area contributed by atoms with Crippen molar-refractivity contribution in [3.05, 3.63) is 58.4 Å².